The Labute approximate surface area is 130 Å². The second-order valence-electron chi connectivity index (χ2n) is 6.57. The van der Waals surface area contributed by atoms with E-state index in [-0.39, 0.29) is 17.7 Å². The summed E-state index contributed by atoms with van der Waals surface area (Å²) in [4.78, 5) is 25.8. The summed E-state index contributed by atoms with van der Waals surface area (Å²) in [7, 11) is 0. The van der Waals surface area contributed by atoms with Gasteiger partial charge in [-0.15, -0.1) is 0 Å². The van der Waals surface area contributed by atoms with Gasteiger partial charge in [-0.05, 0) is 32.3 Å². The minimum Gasteiger partial charge on any atom is -0.356 e. The molecule has 0 aromatic carbocycles. The molecule has 0 bridgehead atoms. The van der Waals surface area contributed by atoms with Gasteiger partial charge in [0.05, 0.1) is 5.69 Å². The summed E-state index contributed by atoms with van der Waals surface area (Å²) in [6.45, 7) is 5.41. The van der Waals surface area contributed by atoms with Crippen LogP contribution in [0, 0.1) is 19.8 Å². The number of carbonyl (C=O) groups excluding carboxylic acids is 2. The van der Waals surface area contributed by atoms with Crippen molar-refractivity contribution in [2.24, 2.45) is 5.92 Å². The van der Waals surface area contributed by atoms with E-state index in [0.717, 1.165) is 36.3 Å². The largest absolute Gasteiger partial charge is 0.356 e. The molecule has 1 aromatic rings. The fourth-order valence-electron chi connectivity index (χ4n) is 3.04. The van der Waals surface area contributed by atoms with Crippen LogP contribution in [0.1, 0.15) is 42.6 Å². The number of likely N-dealkylation sites (tertiary alicyclic amines) is 1. The van der Waals surface area contributed by atoms with Gasteiger partial charge >= 0.3 is 0 Å². The number of hydrogen-bond acceptors (Lipinski definition) is 3. The first kappa shape index (κ1) is 15.1. The normalized spacial score (nSPS) is 21.5. The van der Waals surface area contributed by atoms with Gasteiger partial charge in [-0.2, -0.15) is 5.10 Å². The van der Waals surface area contributed by atoms with Gasteiger partial charge in [-0.1, -0.05) is 0 Å². The molecule has 120 valence electrons. The van der Waals surface area contributed by atoms with Crippen LogP contribution >= 0.6 is 0 Å². The highest BCUT2D eigenvalue weighted by Gasteiger charge is 2.39. The topological polar surface area (TPSA) is 78.1 Å². The molecule has 1 saturated carbocycles. The number of hydrogen-bond donors (Lipinski definition) is 2. The summed E-state index contributed by atoms with van der Waals surface area (Å²) < 4.78 is 0. The summed E-state index contributed by atoms with van der Waals surface area (Å²) in [6, 6.07) is 0.485. The summed E-state index contributed by atoms with van der Waals surface area (Å²) in [5.41, 5.74) is 3.15. The van der Waals surface area contributed by atoms with Gasteiger partial charge in [-0.3, -0.25) is 14.7 Å². The van der Waals surface area contributed by atoms with E-state index in [9.17, 15) is 9.59 Å². The lowest BCUT2D eigenvalue weighted by molar-refractivity contribution is -0.128. The van der Waals surface area contributed by atoms with E-state index in [2.05, 4.69) is 15.5 Å². The molecular formula is C16H24N4O2. The van der Waals surface area contributed by atoms with E-state index >= 15 is 0 Å². The summed E-state index contributed by atoms with van der Waals surface area (Å²) >= 11 is 0. The Bertz CT molecular complexity index is 577. The van der Waals surface area contributed by atoms with Crippen LogP contribution in [0.3, 0.4) is 0 Å². The van der Waals surface area contributed by atoms with E-state index in [1.807, 2.05) is 18.7 Å². The molecule has 2 fully saturated rings. The molecule has 6 heteroatoms. The van der Waals surface area contributed by atoms with Gasteiger partial charge in [0.25, 0.3) is 0 Å². The lowest BCUT2D eigenvalue weighted by Gasteiger charge is -2.15. The highest BCUT2D eigenvalue weighted by atomic mass is 16.2. The van der Waals surface area contributed by atoms with Crippen LogP contribution in [0.15, 0.2) is 0 Å². The van der Waals surface area contributed by atoms with Crippen molar-refractivity contribution < 1.29 is 9.59 Å². The molecule has 1 aliphatic carbocycles. The van der Waals surface area contributed by atoms with Gasteiger partial charge in [0.2, 0.25) is 11.8 Å². The number of rotatable bonds is 6. The Balaban J connectivity index is 1.39. The molecule has 1 atom stereocenters. The lowest BCUT2D eigenvalue weighted by Crippen LogP contribution is -2.32. The van der Waals surface area contributed by atoms with Gasteiger partial charge < -0.3 is 10.2 Å². The second kappa shape index (κ2) is 6.10. The number of H-pyrrole nitrogens is 1. The van der Waals surface area contributed by atoms with E-state index < -0.39 is 0 Å². The van der Waals surface area contributed by atoms with Crippen LogP contribution in [0.5, 0.6) is 0 Å². The fourth-order valence-corrected chi connectivity index (χ4v) is 3.04. The number of aromatic amines is 1. The van der Waals surface area contributed by atoms with E-state index in [4.69, 9.17) is 0 Å². The molecule has 2 heterocycles. The van der Waals surface area contributed by atoms with Crippen molar-refractivity contribution >= 4 is 11.8 Å². The Kier molecular flexibility index (Phi) is 4.18. The quantitative estimate of drug-likeness (QED) is 0.825. The zero-order valence-corrected chi connectivity index (χ0v) is 13.3. The molecule has 2 aliphatic rings. The minimum absolute atomic E-state index is 0.0392. The van der Waals surface area contributed by atoms with Crippen LogP contribution in [0.2, 0.25) is 0 Å². The summed E-state index contributed by atoms with van der Waals surface area (Å²) in [5.74, 6) is 0.563. The second-order valence-corrected chi connectivity index (χ2v) is 6.57. The van der Waals surface area contributed by atoms with Gasteiger partial charge in [0, 0.05) is 50.0 Å². The van der Waals surface area contributed by atoms with Crippen molar-refractivity contribution in [2.45, 2.75) is 52.0 Å². The number of aromatic nitrogens is 2. The molecule has 3 rings (SSSR count). The van der Waals surface area contributed by atoms with Gasteiger partial charge in [-0.25, -0.2) is 0 Å². The fraction of sp³-hybridized carbons (Fsp3) is 0.688. The van der Waals surface area contributed by atoms with Crippen LogP contribution in [-0.2, 0) is 16.0 Å². The molecule has 1 saturated heterocycles. The first-order valence-corrected chi connectivity index (χ1v) is 8.11. The Hall–Kier alpha value is -1.85. The predicted octanol–water partition coefficient (Wildman–Crippen LogP) is 1.09. The predicted molar refractivity (Wildman–Crippen MR) is 82.2 cm³/mol. The van der Waals surface area contributed by atoms with Crippen molar-refractivity contribution in [3.63, 3.8) is 0 Å². The molecule has 1 aromatic heterocycles. The molecule has 0 radical (unpaired) electrons. The average Bonchev–Trinajstić information content (AvgIpc) is 3.20. The van der Waals surface area contributed by atoms with Crippen molar-refractivity contribution in [1.29, 1.82) is 0 Å². The van der Waals surface area contributed by atoms with Crippen LogP contribution < -0.4 is 5.32 Å². The van der Waals surface area contributed by atoms with E-state index in [0.29, 0.717) is 31.8 Å². The minimum atomic E-state index is 0.0392. The number of amides is 2. The van der Waals surface area contributed by atoms with Gasteiger partial charge in [0.1, 0.15) is 0 Å². The molecule has 22 heavy (non-hydrogen) atoms. The van der Waals surface area contributed by atoms with Crippen molar-refractivity contribution in [2.75, 3.05) is 13.1 Å². The third-order valence-electron chi connectivity index (χ3n) is 4.76. The number of nitrogens with zero attached hydrogens (tertiary/aromatic N) is 2. The third kappa shape index (κ3) is 3.31. The molecule has 6 nitrogen and oxygen atoms in total. The first-order valence-electron chi connectivity index (χ1n) is 8.11. The highest BCUT2D eigenvalue weighted by molar-refractivity contribution is 5.80. The van der Waals surface area contributed by atoms with Crippen molar-refractivity contribution in [3.8, 4) is 0 Å². The Morgan fingerprint density at radius 1 is 1.41 bits per heavy atom. The SMILES string of the molecule is Cc1[nH]nc(CCC(=O)NCC2CC(=O)N(C3CC3)C2)c1C. The maximum atomic E-state index is 12.0. The van der Waals surface area contributed by atoms with Crippen molar-refractivity contribution in [3.05, 3.63) is 17.0 Å². The third-order valence-corrected chi connectivity index (χ3v) is 4.76. The van der Waals surface area contributed by atoms with Crippen LogP contribution in [-0.4, -0.2) is 46.0 Å². The maximum absolute atomic E-state index is 12.0. The van der Waals surface area contributed by atoms with Gasteiger partial charge in [0.15, 0.2) is 0 Å². The number of nitrogens with one attached hydrogen (secondary N) is 2. The molecule has 1 aliphatic heterocycles. The van der Waals surface area contributed by atoms with E-state index in [1.165, 1.54) is 0 Å². The zero-order chi connectivity index (χ0) is 15.7. The molecule has 1 unspecified atom stereocenters. The van der Waals surface area contributed by atoms with Crippen LogP contribution in [0.4, 0.5) is 0 Å². The van der Waals surface area contributed by atoms with E-state index in [1.54, 1.807) is 0 Å². The molecule has 2 amide bonds. The summed E-state index contributed by atoms with van der Waals surface area (Å²) in [5, 5.41) is 10.1. The molecular weight excluding hydrogens is 280 g/mol. The number of aryl methyl sites for hydroxylation is 2. The lowest BCUT2D eigenvalue weighted by atomic mass is 10.1. The highest BCUT2D eigenvalue weighted by Crippen LogP contribution is 2.32. The zero-order valence-electron chi connectivity index (χ0n) is 13.3. The maximum Gasteiger partial charge on any atom is 0.223 e. The van der Waals surface area contributed by atoms with Crippen LogP contribution in [0.25, 0.3) is 0 Å². The first-order chi connectivity index (χ1) is 10.5. The molecule has 2 N–H and O–H groups in total. The number of carbonyl (C=O) groups is 2. The van der Waals surface area contributed by atoms with Crippen molar-refractivity contribution in [1.82, 2.24) is 20.4 Å². The standard InChI is InChI=1S/C16H24N4O2/c1-10-11(2)18-19-14(10)5-6-15(21)17-8-12-7-16(22)20(9-12)13-3-4-13/h12-13H,3-9H2,1-2H3,(H,17,21)(H,18,19). The smallest absolute Gasteiger partial charge is 0.223 e. The average molecular weight is 304 g/mol. The monoisotopic (exact) mass is 304 g/mol. The Morgan fingerprint density at radius 3 is 2.82 bits per heavy atom. The molecule has 0 spiro atoms. The Morgan fingerprint density at radius 2 is 2.18 bits per heavy atom. The summed E-state index contributed by atoms with van der Waals surface area (Å²) in [6.07, 6.45) is 3.97.